The van der Waals surface area contributed by atoms with E-state index in [1.807, 2.05) is 18.4 Å². The van der Waals surface area contributed by atoms with Crippen LogP contribution in [0.3, 0.4) is 0 Å². The van der Waals surface area contributed by atoms with Gasteiger partial charge in [-0.3, -0.25) is 14.9 Å². The fraction of sp³-hybridized carbons (Fsp3) is 0.0667. The molecule has 0 aliphatic carbocycles. The lowest BCUT2D eigenvalue weighted by Crippen LogP contribution is -2.14. The van der Waals surface area contributed by atoms with E-state index in [2.05, 4.69) is 20.8 Å². The molecule has 0 spiro atoms. The predicted molar refractivity (Wildman–Crippen MR) is 91.3 cm³/mol. The molecule has 3 rings (SSSR count). The summed E-state index contributed by atoms with van der Waals surface area (Å²) in [5.41, 5.74) is 0.992. The van der Waals surface area contributed by atoms with Crippen molar-refractivity contribution in [3.63, 3.8) is 0 Å². The Morgan fingerprint density at radius 2 is 1.91 bits per heavy atom. The van der Waals surface area contributed by atoms with Crippen LogP contribution in [0.1, 0.15) is 25.0 Å². The summed E-state index contributed by atoms with van der Waals surface area (Å²) in [4.78, 5) is 24.9. The van der Waals surface area contributed by atoms with Crippen LogP contribution in [0.2, 0.25) is 0 Å². The molecule has 0 radical (unpaired) electrons. The Morgan fingerprint density at radius 3 is 2.61 bits per heavy atom. The van der Waals surface area contributed by atoms with Gasteiger partial charge in [0.25, 0.3) is 11.8 Å². The zero-order chi connectivity index (χ0) is 16.2. The van der Waals surface area contributed by atoms with E-state index < -0.39 is 0 Å². The number of hydrogen-bond acceptors (Lipinski definition) is 6. The molecule has 0 saturated carbocycles. The molecule has 3 aromatic rings. The first-order chi connectivity index (χ1) is 11.1. The molecular weight excluding hydrogens is 332 g/mol. The molecule has 0 unspecified atom stereocenters. The van der Waals surface area contributed by atoms with Crippen molar-refractivity contribution < 1.29 is 9.59 Å². The highest BCUT2D eigenvalue weighted by atomic mass is 32.1. The molecule has 0 bridgehead atoms. The summed E-state index contributed by atoms with van der Waals surface area (Å²) < 4.78 is 0. The summed E-state index contributed by atoms with van der Waals surface area (Å²) in [5, 5.41) is 16.2. The van der Waals surface area contributed by atoms with Gasteiger partial charge in [-0.25, -0.2) is 0 Å². The van der Waals surface area contributed by atoms with Gasteiger partial charge in [0.1, 0.15) is 5.01 Å². The summed E-state index contributed by atoms with van der Waals surface area (Å²) in [5.74, 6) is -0.495. The Labute approximate surface area is 140 Å². The van der Waals surface area contributed by atoms with Crippen LogP contribution in [-0.4, -0.2) is 22.0 Å². The number of hydrogen-bond donors (Lipinski definition) is 2. The van der Waals surface area contributed by atoms with E-state index in [4.69, 9.17) is 0 Å². The predicted octanol–water partition coefficient (Wildman–Crippen LogP) is 3.41. The van der Waals surface area contributed by atoms with Crippen molar-refractivity contribution in [1.29, 1.82) is 0 Å². The average Bonchev–Trinajstić information content (AvgIpc) is 3.19. The lowest BCUT2D eigenvalue weighted by molar-refractivity contribution is 0.101. The van der Waals surface area contributed by atoms with Crippen molar-refractivity contribution >= 4 is 45.3 Å². The van der Waals surface area contributed by atoms with Gasteiger partial charge in [-0.05, 0) is 36.6 Å². The molecule has 1 aromatic carbocycles. The van der Waals surface area contributed by atoms with Gasteiger partial charge >= 0.3 is 0 Å². The Bertz CT molecular complexity index is 843. The Hall–Kier alpha value is -2.58. The van der Waals surface area contributed by atoms with Gasteiger partial charge in [0.05, 0.1) is 4.88 Å². The smallest absolute Gasteiger partial charge is 0.265 e. The van der Waals surface area contributed by atoms with Crippen LogP contribution in [-0.2, 0) is 0 Å². The molecule has 23 heavy (non-hydrogen) atoms. The van der Waals surface area contributed by atoms with Crippen molar-refractivity contribution in [2.75, 3.05) is 10.6 Å². The van der Waals surface area contributed by atoms with E-state index in [1.165, 1.54) is 22.7 Å². The maximum Gasteiger partial charge on any atom is 0.265 e. The maximum atomic E-state index is 12.2. The number of amides is 2. The highest BCUT2D eigenvalue weighted by molar-refractivity contribution is 7.15. The van der Waals surface area contributed by atoms with E-state index in [0.29, 0.717) is 21.3 Å². The number of carbonyl (C=O) groups excluding carboxylic acids is 2. The summed E-state index contributed by atoms with van der Waals surface area (Å²) in [6.07, 6.45) is 0. The first-order valence-corrected chi connectivity index (χ1v) is 8.38. The zero-order valence-corrected chi connectivity index (χ0v) is 13.7. The minimum Gasteiger partial charge on any atom is -0.321 e. The third kappa shape index (κ3) is 3.79. The Balaban J connectivity index is 1.71. The summed E-state index contributed by atoms with van der Waals surface area (Å²) >= 11 is 2.66. The number of aryl methyl sites for hydroxylation is 1. The van der Waals surface area contributed by atoms with E-state index in [-0.39, 0.29) is 11.8 Å². The van der Waals surface area contributed by atoms with Crippen molar-refractivity contribution in [2.24, 2.45) is 0 Å². The molecule has 0 saturated heterocycles. The Kier molecular flexibility index (Phi) is 4.45. The zero-order valence-electron chi connectivity index (χ0n) is 12.1. The van der Waals surface area contributed by atoms with Gasteiger partial charge in [0.15, 0.2) is 0 Å². The number of thiophene rings is 1. The molecule has 0 fully saturated rings. The minimum atomic E-state index is -0.298. The maximum absolute atomic E-state index is 12.2. The van der Waals surface area contributed by atoms with Crippen LogP contribution in [0.4, 0.5) is 10.8 Å². The molecule has 2 aromatic heterocycles. The van der Waals surface area contributed by atoms with E-state index in [9.17, 15) is 9.59 Å². The van der Waals surface area contributed by atoms with Crippen molar-refractivity contribution in [3.8, 4) is 0 Å². The standard InChI is InChI=1S/C15H12N4O2S2/c1-9-18-19-15(23-9)17-13(20)10-4-2-5-11(8-10)16-14(21)12-6-3-7-22-12/h2-8H,1H3,(H,16,21)(H,17,19,20). The van der Waals surface area contributed by atoms with Gasteiger partial charge in [-0.1, -0.05) is 23.5 Å². The minimum absolute atomic E-state index is 0.197. The molecule has 6 nitrogen and oxygen atoms in total. The number of carbonyl (C=O) groups is 2. The van der Waals surface area contributed by atoms with E-state index in [0.717, 1.165) is 5.01 Å². The second-order valence-corrected chi connectivity index (χ2v) is 6.72. The first-order valence-electron chi connectivity index (χ1n) is 6.68. The largest absolute Gasteiger partial charge is 0.321 e. The van der Waals surface area contributed by atoms with Crippen LogP contribution < -0.4 is 10.6 Å². The van der Waals surface area contributed by atoms with Crippen LogP contribution in [0.15, 0.2) is 41.8 Å². The van der Waals surface area contributed by atoms with Crippen LogP contribution >= 0.6 is 22.7 Å². The topological polar surface area (TPSA) is 84.0 Å². The molecule has 0 aliphatic rings. The monoisotopic (exact) mass is 344 g/mol. The number of nitrogens with zero attached hydrogens (tertiary/aromatic N) is 2. The lowest BCUT2D eigenvalue weighted by atomic mass is 10.2. The Morgan fingerprint density at radius 1 is 1.04 bits per heavy atom. The van der Waals surface area contributed by atoms with E-state index >= 15 is 0 Å². The fourth-order valence-corrected chi connectivity index (χ4v) is 3.06. The third-order valence-electron chi connectivity index (χ3n) is 2.87. The molecule has 2 amide bonds. The van der Waals surface area contributed by atoms with Gasteiger partial charge in [-0.15, -0.1) is 21.5 Å². The average molecular weight is 344 g/mol. The molecule has 0 atom stereocenters. The highest BCUT2D eigenvalue weighted by Crippen LogP contribution is 2.18. The van der Waals surface area contributed by atoms with Gasteiger partial charge in [-0.2, -0.15) is 0 Å². The quantitative estimate of drug-likeness (QED) is 0.759. The van der Waals surface area contributed by atoms with Crippen molar-refractivity contribution in [3.05, 3.63) is 57.2 Å². The lowest BCUT2D eigenvalue weighted by Gasteiger charge is -2.06. The molecule has 116 valence electrons. The SMILES string of the molecule is Cc1nnc(NC(=O)c2cccc(NC(=O)c3cccs3)c2)s1. The fourth-order valence-electron chi connectivity index (χ4n) is 1.86. The summed E-state index contributed by atoms with van der Waals surface area (Å²) in [6.45, 7) is 1.81. The number of nitrogens with one attached hydrogen (secondary N) is 2. The number of aromatic nitrogens is 2. The molecule has 2 heterocycles. The number of benzene rings is 1. The number of anilines is 2. The van der Waals surface area contributed by atoms with Crippen molar-refractivity contribution in [1.82, 2.24) is 10.2 Å². The first kappa shape index (κ1) is 15.3. The summed E-state index contributed by atoms with van der Waals surface area (Å²) in [7, 11) is 0. The van der Waals surface area contributed by atoms with Gasteiger partial charge in [0.2, 0.25) is 5.13 Å². The van der Waals surface area contributed by atoms with Crippen LogP contribution in [0, 0.1) is 6.92 Å². The normalized spacial score (nSPS) is 10.3. The van der Waals surface area contributed by atoms with Crippen molar-refractivity contribution in [2.45, 2.75) is 6.92 Å². The molecule has 2 N–H and O–H groups in total. The molecular formula is C15H12N4O2S2. The van der Waals surface area contributed by atoms with E-state index in [1.54, 1.807) is 30.3 Å². The highest BCUT2D eigenvalue weighted by Gasteiger charge is 2.11. The molecule has 0 aliphatic heterocycles. The molecule has 8 heteroatoms. The second-order valence-electron chi connectivity index (χ2n) is 4.59. The van der Waals surface area contributed by atoms with Gasteiger partial charge < -0.3 is 5.32 Å². The van der Waals surface area contributed by atoms with Gasteiger partial charge in [0, 0.05) is 11.3 Å². The van der Waals surface area contributed by atoms with Crippen LogP contribution in [0.5, 0.6) is 0 Å². The summed E-state index contributed by atoms with van der Waals surface area (Å²) in [6, 6.07) is 10.3. The van der Waals surface area contributed by atoms with Crippen LogP contribution in [0.25, 0.3) is 0 Å². The third-order valence-corrected chi connectivity index (χ3v) is 4.50. The second kappa shape index (κ2) is 6.67. The number of rotatable bonds is 4.